The summed E-state index contributed by atoms with van der Waals surface area (Å²) in [6, 6.07) is 0.121. The summed E-state index contributed by atoms with van der Waals surface area (Å²) in [6.45, 7) is 1.50. The van der Waals surface area contributed by atoms with Crippen molar-refractivity contribution in [3.63, 3.8) is 0 Å². The summed E-state index contributed by atoms with van der Waals surface area (Å²) >= 11 is 0. The lowest BCUT2D eigenvalue weighted by Crippen LogP contribution is -2.43. The van der Waals surface area contributed by atoms with Crippen molar-refractivity contribution in [1.82, 2.24) is 5.32 Å². The summed E-state index contributed by atoms with van der Waals surface area (Å²) in [5, 5.41) is 12.2. The van der Waals surface area contributed by atoms with E-state index in [1.165, 1.54) is 6.92 Å². The van der Waals surface area contributed by atoms with Crippen LogP contribution in [-0.2, 0) is 9.53 Å². The molecular formula is C8H13NO3. The zero-order valence-corrected chi connectivity index (χ0v) is 6.99. The van der Waals surface area contributed by atoms with E-state index in [4.69, 9.17) is 4.74 Å². The van der Waals surface area contributed by atoms with Crippen molar-refractivity contribution in [2.75, 3.05) is 0 Å². The first kappa shape index (κ1) is 8.01. The van der Waals surface area contributed by atoms with E-state index in [-0.39, 0.29) is 30.3 Å². The van der Waals surface area contributed by atoms with Crippen LogP contribution in [0, 0.1) is 0 Å². The van der Waals surface area contributed by atoms with Crippen molar-refractivity contribution >= 4 is 5.91 Å². The lowest BCUT2D eigenvalue weighted by atomic mass is 9.93. The molecule has 1 saturated carbocycles. The average Bonchev–Trinajstić information content (AvgIpc) is 2.73. The molecule has 68 valence electrons. The van der Waals surface area contributed by atoms with Gasteiger partial charge in [0.25, 0.3) is 0 Å². The van der Waals surface area contributed by atoms with Gasteiger partial charge in [0.15, 0.2) is 0 Å². The number of hydrogen-bond acceptors (Lipinski definition) is 3. The molecule has 2 aliphatic rings. The van der Waals surface area contributed by atoms with Crippen LogP contribution in [0.1, 0.15) is 19.8 Å². The number of carbonyl (C=O) groups is 1. The lowest BCUT2D eigenvalue weighted by Gasteiger charge is -2.21. The van der Waals surface area contributed by atoms with E-state index < -0.39 is 0 Å². The number of amides is 1. The van der Waals surface area contributed by atoms with Crippen molar-refractivity contribution in [2.24, 2.45) is 0 Å². The third-order valence-electron chi connectivity index (χ3n) is 2.50. The Morgan fingerprint density at radius 1 is 1.50 bits per heavy atom. The van der Waals surface area contributed by atoms with Gasteiger partial charge in [-0.15, -0.1) is 0 Å². The zero-order chi connectivity index (χ0) is 8.72. The first-order valence-electron chi connectivity index (χ1n) is 4.29. The van der Waals surface area contributed by atoms with E-state index in [0.717, 1.165) is 12.8 Å². The molecule has 0 bridgehead atoms. The average molecular weight is 171 g/mol. The molecule has 1 amide bonds. The smallest absolute Gasteiger partial charge is 0.217 e. The highest BCUT2D eigenvalue weighted by Gasteiger charge is 2.52. The van der Waals surface area contributed by atoms with E-state index >= 15 is 0 Å². The first-order chi connectivity index (χ1) is 5.68. The first-order valence-corrected chi connectivity index (χ1v) is 4.29. The standard InChI is InChI=1S/C8H13NO3/c1-4(10)9-5-2-3-6(11)8-7(5)12-8/h5-8,11H,2-3H2,1H3,(H,9,10)/t5-,6+,7-,8+/m1/s1. The Morgan fingerprint density at radius 2 is 2.25 bits per heavy atom. The van der Waals surface area contributed by atoms with Gasteiger partial charge < -0.3 is 15.2 Å². The molecule has 4 nitrogen and oxygen atoms in total. The van der Waals surface area contributed by atoms with Gasteiger partial charge >= 0.3 is 0 Å². The number of epoxide rings is 1. The number of fused-ring (bicyclic) bond motifs is 1. The van der Waals surface area contributed by atoms with Gasteiger partial charge in [0, 0.05) is 6.92 Å². The Bertz CT molecular complexity index is 206. The molecule has 2 rings (SSSR count). The minimum Gasteiger partial charge on any atom is -0.390 e. The number of carbonyl (C=O) groups excluding carboxylic acids is 1. The van der Waals surface area contributed by atoms with Crippen LogP contribution in [0.25, 0.3) is 0 Å². The molecule has 0 unspecified atom stereocenters. The van der Waals surface area contributed by atoms with Crippen molar-refractivity contribution in [3.8, 4) is 0 Å². The molecule has 1 aliphatic heterocycles. The summed E-state index contributed by atoms with van der Waals surface area (Å²) in [5.41, 5.74) is 0. The number of nitrogens with one attached hydrogen (secondary N) is 1. The molecule has 12 heavy (non-hydrogen) atoms. The molecule has 1 aliphatic carbocycles. The topological polar surface area (TPSA) is 61.9 Å². The molecular weight excluding hydrogens is 158 g/mol. The number of ether oxygens (including phenoxy) is 1. The molecule has 4 atom stereocenters. The quantitative estimate of drug-likeness (QED) is 0.518. The van der Waals surface area contributed by atoms with Gasteiger partial charge in [-0.25, -0.2) is 0 Å². The van der Waals surface area contributed by atoms with Crippen LogP contribution >= 0.6 is 0 Å². The van der Waals surface area contributed by atoms with E-state index in [1.54, 1.807) is 0 Å². The summed E-state index contributed by atoms with van der Waals surface area (Å²) in [4.78, 5) is 10.7. The molecule has 4 heteroatoms. The Labute approximate surface area is 70.9 Å². The van der Waals surface area contributed by atoms with Crippen molar-refractivity contribution in [2.45, 2.75) is 44.1 Å². The van der Waals surface area contributed by atoms with Crippen LogP contribution in [0.5, 0.6) is 0 Å². The van der Waals surface area contributed by atoms with Crippen LogP contribution in [0.2, 0.25) is 0 Å². The third-order valence-corrected chi connectivity index (χ3v) is 2.50. The van der Waals surface area contributed by atoms with E-state index in [2.05, 4.69) is 5.32 Å². The maximum absolute atomic E-state index is 10.7. The maximum Gasteiger partial charge on any atom is 0.217 e. The molecule has 0 radical (unpaired) electrons. The second-order valence-electron chi connectivity index (χ2n) is 3.52. The minimum absolute atomic E-state index is 0.0180. The van der Waals surface area contributed by atoms with Gasteiger partial charge in [-0.1, -0.05) is 0 Å². The highest BCUT2D eigenvalue weighted by molar-refractivity contribution is 5.73. The van der Waals surface area contributed by atoms with Crippen LogP contribution in [-0.4, -0.2) is 35.4 Å². The molecule has 0 spiro atoms. The fourth-order valence-corrected chi connectivity index (χ4v) is 1.86. The number of rotatable bonds is 1. The molecule has 0 aromatic heterocycles. The number of hydrogen-bond donors (Lipinski definition) is 2. The van der Waals surface area contributed by atoms with Crippen LogP contribution in [0.15, 0.2) is 0 Å². The predicted molar refractivity (Wildman–Crippen MR) is 41.5 cm³/mol. The van der Waals surface area contributed by atoms with Crippen LogP contribution in [0.3, 0.4) is 0 Å². The lowest BCUT2D eigenvalue weighted by molar-refractivity contribution is -0.120. The van der Waals surface area contributed by atoms with Gasteiger partial charge in [-0.3, -0.25) is 4.79 Å². The molecule has 2 fully saturated rings. The van der Waals surface area contributed by atoms with Crippen LogP contribution < -0.4 is 5.32 Å². The Morgan fingerprint density at radius 3 is 2.92 bits per heavy atom. The van der Waals surface area contributed by atoms with Crippen molar-refractivity contribution in [3.05, 3.63) is 0 Å². The largest absolute Gasteiger partial charge is 0.390 e. The van der Waals surface area contributed by atoms with Gasteiger partial charge in [-0.05, 0) is 12.8 Å². The number of aliphatic hydroxyl groups excluding tert-OH is 1. The molecule has 0 aromatic rings. The fourth-order valence-electron chi connectivity index (χ4n) is 1.86. The van der Waals surface area contributed by atoms with Gasteiger partial charge in [0.1, 0.15) is 12.2 Å². The van der Waals surface area contributed by atoms with E-state index in [9.17, 15) is 9.90 Å². The van der Waals surface area contributed by atoms with E-state index in [1.807, 2.05) is 0 Å². The van der Waals surface area contributed by atoms with Crippen molar-refractivity contribution in [1.29, 1.82) is 0 Å². The Balaban J connectivity index is 1.90. The highest BCUT2D eigenvalue weighted by atomic mass is 16.6. The highest BCUT2D eigenvalue weighted by Crippen LogP contribution is 2.36. The van der Waals surface area contributed by atoms with Gasteiger partial charge in [-0.2, -0.15) is 0 Å². The minimum atomic E-state index is -0.319. The normalized spacial score (nSPS) is 44.8. The Hall–Kier alpha value is -0.610. The number of aliphatic hydroxyl groups is 1. The summed E-state index contributed by atoms with van der Waals surface area (Å²) in [5.74, 6) is -0.0226. The molecule has 0 aromatic carbocycles. The summed E-state index contributed by atoms with van der Waals surface area (Å²) < 4.78 is 5.24. The predicted octanol–water partition coefficient (Wildman–Crippen LogP) is -0.587. The SMILES string of the molecule is CC(=O)N[C@@H]1CC[C@H](O)[C@@H]2O[C@@H]21. The van der Waals surface area contributed by atoms with E-state index in [0.29, 0.717) is 0 Å². The molecule has 1 saturated heterocycles. The van der Waals surface area contributed by atoms with Gasteiger partial charge in [0.05, 0.1) is 12.1 Å². The van der Waals surface area contributed by atoms with Crippen molar-refractivity contribution < 1.29 is 14.6 Å². The fraction of sp³-hybridized carbons (Fsp3) is 0.875. The molecule has 1 heterocycles. The Kier molecular flexibility index (Phi) is 1.81. The molecule has 2 N–H and O–H groups in total. The third kappa shape index (κ3) is 1.32. The second-order valence-corrected chi connectivity index (χ2v) is 3.52. The summed E-state index contributed by atoms with van der Waals surface area (Å²) in [6.07, 6.45) is 1.28. The summed E-state index contributed by atoms with van der Waals surface area (Å²) in [7, 11) is 0. The maximum atomic E-state index is 10.7. The van der Waals surface area contributed by atoms with Crippen LogP contribution in [0.4, 0.5) is 0 Å². The van der Waals surface area contributed by atoms with Gasteiger partial charge in [0.2, 0.25) is 5.91 Å². The zero-order valence-electron chi connectivity index (χ0n) is 6.99. The monoisotopic (exact) mass is 171 g/mol. The second kappa shape index (κ2) is 2.71.